The molecule has 3 nitrogen and oxygen atoms in total. The van der Waals surface area contributed by atoms with Crippen LogP contribution in [0.15, 0.2) is 72.7 Å². The van der Waals surface area contributed by atoms with Crippen LogP contribution in [0.2, 0.25) is 0 Å². The lowest BCUT2D eigenvalue weighted by Gasteiger charge is -2.00. The summed E-state index contributed by atoms with van der Waals surface area (Å²) in [7, 11) is 0. The summed E-state index contributed by atoms with van der Waals surface area (Å²) < 4.78 is 0. The van der Waals surface area contributed by atoms with Gasteiger partial charge in [0.15, 0.2) is 0 Å². The van der Waals surface area contributed by atoms with Gasteiger partial charge in [0.1, 0.15) is 0 Å². The summed E-state index contributed by atoms with van der Waals surface area (Å²) in [5.74, 6) is 0. The highest BCUT2D eigenvalue weighted by molar-refractivity contribution is 7.99. The van der Waals surface area contributed by atoms with Crippen LogP contribution in [0.25, 0.3) is 10.8 Å². The Morgan fingerprint density at radius 1 is 0.632 bits per heavy atom. The van der Waals surface area contributed by atoms with Gasteiger partial charge in [-0.3, -0.25) is 14.4 Å². The second-order valence-electron chi connectivity index (χ2n) is 4.11. The number of benzene rings is 2. The highest BCUT2D eigenvalue weighted by Gasteiger charge is 2.12. The molecule has 3 aromatic carbocycles. The summed E-state index contributed by atoms with van der Waals surface area (Å²) in [4.78, 5) is 36.3. The molecule has 0 heterocycles. The van der Waals surface area contributed by atoms with Crippen molar-refractivity contribution in [2.75, 3.05) is 0 Å². The molecule has 4 heteroatoms. The molecule has 0 bridgehead atoms. The van der Waals surface area contributed by atoms with Gasteiger partial charge in [-0.05, 0) is 30.3 Å². The van der Waals surface area contributed by atoms with E-state index in [0.717, 1.165) is 9.79 Å². The molecule has 0 spiro atoms. The molecule has 0 aliphatic rings. The first kappa shape index (κ1) is 11.9. The van der Waals surface area contributed by atoms with Crippen molar-refractivity contribution in [3.63, 3.8) is 0 Å². The fraction of sp³-hybridized carbons (Fsp3) is 0. The molecule has 0 aliphatic heterocycles. The lowest BCUT2D eigenvalue weighted by Crippen LogP contribution is -2.29. The molecular formula is C15H8O3S. The topological polar surface area (TPSA) is 51.2 Å². The van der Waals surface area contributed by atoms with Crippen molar-refractivity contribution in [3.05, 3.63) is 79.2 Å². The number of hydrogen-bond donors (Lipinski definition) is 0. The van der Waals surface area contributed by atoms with Gasteiger partial charge in [0.05, 0.1) is 0 Å². The van der Waals surface area contributed by atoms with Crippen molar-refractivity contribution in [3.8, 4) is 0 Å². The van der Waals surface area contributed by atoms with Crippen LogP contribution >= 0.6 is 11.8 Å². The van der Waals surface area contributed by atoms with Crippen LogP contribution in [-0.4, -0.2) is 0 Å². The number of hydrogen-bond acceptors (Lipinski definition) is 4. The number of rotatable bonds is 2. The zero-order chi connectivity index (χ0) is 13.4. The minimum absolute atomic E-state index is 0.215. The molecule has 0 aliphatic carbocycles. The van der Waals surface area contributed by atoms with Crippen molar-refractivity contribution in [2.24, 2.45) is 0 Å². The zero-order valence-electron chi connectivity index (χ0n) is 9.75. The first-order chi connectivity index (χ1) is 9.16. The lowest BCUT2D eigenvalue weighted by atomic mass is 10.2. The Bertz CT molecular complexity index is 891. The number of fused-ring (bicyclic) bond motifs is 1. The van der Waals surface area contributed by atoms with Gasteiger partial charge in [-0.15, -0.1) is 0 Å². The van der Waals surface area contributed by atoms with Crippen molar-refractivity contribution in [1.29, 1.82) is 0 Å². The van der Waals surface area contributed by atoms with E-state index in [2.05, 4.69) is 0 Å². The molecule has 0 amide bonds. The molecular weight excluding hydrogens is 260 g/mol. The van der Waals surface area contributed by atoms with E-state index in [4.69, 9.17) is 0 Å². The minimum Gasteiger partial charge on any atom is -0.285 e. The van der Waals surface area contributed by atoms with Crippen molar-refractivity contribution < 1.29 is 0 Å². The summed E-state index contributed by atoms with van der Waals surface area (Å²) in [6.07, 6.45) is 0. The van der Waals surface area contributed by atoms with Gasteiger partial charge in [0.2, 0.25) is 10.9 Å². The monoisotopic (exact) mass is 268 g/mol. The fourth-order valence-corrected chi connectivity index (χ4v) is 2.82. The maximum atomic E-state index is 11.6. The van der Waals surface area contributed by atoms with E-state index >= 15 is 0 Å². The van der Waals surface area contributed by atoms with Gasteiger partial charge in [-0.1, -0.05) is 30.0 Å². The normalized spacial score (nSPS) is 10.9. The summed E-state index contributed by atoms with van der Waals surface area (Å²) in [5, 5.41) is 0.434. The minimum atomic E-state index is -0.933. The summed E-state index contributed by atoms with van der Waals surface area (Å²) >= 11 is 1.48. The molecule has 0 radical (unpaired) electrons. The first-order valence-corrected chi connectivity index (χ1v) is 6.49. The second-order valence-corrected chi connectivity index (χ2v) is 5.26. The fourth-order valence-electron chi connectivity index (χ4n) is 1.95. The van der Waals surface area contributed by atoms with Crippen LogP contribution < -0.4 is 16.3 Å². The molecule has 3 rings (SSSR count). The van der Waals surface area contributed by atoms with Crippen LogP contribution in [0.3, 0.4) is 0 Å². The van der Waals surface area contributed by atoms with E-state index in [1.807, 2.05) is 30.3 Å². The predicted molar refractivity (Wildman–Crippen MR) is 75.7 cm³/mol. The molecule has 0 aromatic heterocycles. The maximum absolute atomic E-state index is 11.6. The van der Waals surface area contributed by atoms with Crippen molar-refractivity contribution in [1.82, 2.24) is 0 Å². The summed E-state index contributed by atoms with van der Waals surface area (Å²) in [6.45, 7) is 0. The zero-order valence-corrected chi connectivity index (χ0v) is 10.6. The predicted octanol–water partition coefficient (Wildman–Crippen LogP) is 1.95. The Balaban J connectivity index is 2.13. The van der Waals surface area contributed by atoms with Crippen LogP contribution in [0.4, 0.5) is 0 Å². The maximum Gasteiger partial charge on any atom is 0.273 e. The van der Waals surface area contributed by atoms with Crippen LogP contribution in [-0.2, 0) is 0 Å². The van der Waals surface area contributed by atoms with E-state index in [0.29, 0.717) is 0 Å². The molecule has 0 N–H and O–H groups in total. The SMILES string of the molecule is O=c1c(=O)c2ccc(Sc3ccccc3)cc2c1=O. The highest BCUT2D eigenvalue weighted by atomic mass is 32.2. The van der Waals surface area contributed by atoms with Crippen LogP contribution in [0.1, 0.15) is 0 Å². The van der Waals surface area contributed by atoms with Crippen LogP contribution in [0, 0.1) is 0 Å². The van der Waals surface area contributed by atoms with Gasteiger partial charge in [0.25, 0.3) is 5.43 Å². The first-order valence-electron chi connectivity index (χ1n) is 5.67. The van der Waals surface area contributed by atoms with E-state index in [1.165, 1.54) is 11.8 Å². The van der Waals surface area contributed by atoms with E-state index in [-0.39, 0.29) is 10.8 Å². The third kappa shape index (κ3) is 2.00. The van der Waals surface area contributed by atoms with Gasteiger partial charge < -0.3 is 0 Å². The smallest absolute Gasteiger partial charge is 0.273 e. The molecule has 19 heavy (non-hydrogen) atoms. The summed E-state index contributed by atoms with van der Waals surface area (Å²) in [6, 6.07) is 14.6. The van der Waals surface area contributed by atoms with Crippen molar-refractivity contribution in [2.45, 2.75) is 9.79 Å². The largest absolute Gasteiger partial charge is 0.285 e. The molecule has 0 saturated heterocycles. The lowest BCUT2D eigenvalue weighted by molar-refractivity contribution is 1.42. The Morgan fingerprint density at radius 2 is 1.32 bits per heavy atom. The van der Waals surface area contributed by atoms with E-state index < -0.39 is 16.3 Å². The highest BCUT2D eigenvalue weighted by Crippen LogP contribution is 2.28. The van der Waals surface area contributed by atoms with Crippen molar-refractivity contribution >= 4 is 22.5 Å². The van der Waals surface area contributed by atoms with Gasteiger partial charge in [-0.2, -0.15) is 0 Å². The molecule has 0 unspecified atom stereocenters. The Morgan fingerprint density at radius 3 is 2.05 bits per heavy atom. The Hall–Kier alpha value is -2.20. The van der Waals surface area contributed by atoms with Gasteiger partial charge in [0, 0.05) is 20.6 Å². The molecule has 0 fully saturated rings. The molecule has 0 atom stereocenters. The average Bonchev–Trinajstić information content (AvgIpc) is 2.65. The third-order valence-corrected chi connectivity index (χ3v) is 3.87. The standard InChI is InChI=1S/C15H8O3S/c16-13-11-7-6-10(8-12(11)14(17)15(13)18)19-9-4-2-1-3-5-9/h1-8H. The average molecular weight is 268 g/mol. The van der Waals surface area contributed by atoms with Crippen LogP contribution in [0.5, 0.6) is 0 Å². The molecule has 3 aromatic rings. The van der Waals surface area contributed by atoms with E-state index in [1.54, 1.807) is 18.2 Å². The third-order valence-electron chi connectivity index (χ3n) is 2.87. The Labute approximate surface area is 112 Å². The summed E-state index contributed by atoms with van der Waals surface area (Å²) in [5.41, 5.74) is -2.33. The molecule has 0 saturated carbocycles. The molecule has 92 valence electrons. The van der Waals surface area contributed by atoms with Gasteiger partial charge >= 0.3 is 0 Å². The quantitative estimate of drug-likeness (QED) is 0.667. The van der Waals surface area contributed by atoms with Gasteiger partial charge in [-0.25, -0.2) is 0 Å². The second kappa shape index (κ2) is 4.48. The van der Waals surface area contributed by atoms with E-state index in [9.17, 15) is 14.4 Å². The Kier molecular flexibility index (Phi) is 2.80.